The summed E-state index contributed by atoms with van der Waals surface area (Å²) in [5.41, 5.74) is 1.95. The molecule has 0 saturated carbocycles. The number of esters is 1. The van der Waals surface area contributed by atoms with Gasteiger partial charge in [0.15, 0.2) is 17.1 Å². The molecule has 0 aliphatic carbocycles. The molecule has 1 aromatic heterocycles. The second kappa shape index (κ2) is 9.69. The van der Waals surface area contributed by atoms with E-state index in [2.05, 4.69) is 0 Å². The number of para-hydroxylation sites is 2. The maximum atomic E-state index is 12.0. The summed E-state index contributed by atoms with van der Waals surface area (Å²) in [5, 5.41) is 0. The number of carbonyl (C=O) groups excluding carboxylic acids is 1. The van der Waals surface area contributed by atoms with Crippen LogP contribution in [0.1, 0.15) is 12.0 Å². The number of ether oxygens (including phenoxy) is 4. The number of oxazole rings is 1. The van der Waals surface area contributed by atoms with Crippen LogP contribution in [0.4, 0.5) is 0 Å². The lowest BCUT2D eigenvalue weighted by atomic mass is 10.1. The largest absolute Gasteiger partial charge is 0.493 e. The predicted octanol–water partition coefficient (Wildman–Crippen LogP) is 3.27. The van der Waals surface area contributed by atoms with E-state index < -0.39 is 11.7 Å². The first-order chi connectivity index (χ1) is 14.6. The van der Waals surface area contributed by atoms with Crippen LogP contribution in [0.5, 0.6) is 17.2 Å². The maximum absolute atomic E-state index is 12.0. The number of rotatable bonds is 9. The van der Waals surface area contributed by atoms with Crippen LogP contribution in [0, 0.1) is 0 Å². The van der Waals surface area contributed by atoms with Gasteiger partial charge in [0, 0.05) is 12.6 Å². The van der Waals surface area contributed by atoms with Crippen LogP contribution < -0.4 is 20.0 Å². The first-order valence-corrected chi connectivity index (χ1v) is 9.30. The van der Waals surface area contributed by atoms with Gasteiger partial charge in [0.1, 0.15) is 0 Å². The highest BCUT2D eigenvalue weighted by molar-refractivity contribution is 5.87. The zero-order valence-corrected chi connectivity index (χ0v) is 17.0. The molecule has 1 heterocycles. The summed E-state index contributed by atoms with van der Waals surface area (Å²) in [4.78, 5) is 23.9. The summed E-state index contributed by atoms with van der Waals surface area (Å²) in [6, 6.07) is 10.6. The fourth-order valence-electron chi connectivity index (χ4n) is 3.03. The lowest BCUT2D eigenvalue weighted by Gasteiger charge is -2.12. The molecule has 0 saturated heterocycles. The summed E-state index contributed by atoms with van der Waals surface area (Å²) in [7, 11) is 4.56. The van der Waals surface area contributed by atoms with E-state index in [0.29, 0.717) is 41.4 Å². The Morgan fingerprint density at radius 2 is 1.77 bits per heavy atom. The second-order valence-electron chi connectivity index (χ2n) is 6.30. The van der Waals surface area contributed by atoms with E-state index in [0.717, 1.165) is 5.52 Å². The third kappa shape index (κ3) is 4.65. The zero-order valence-electron chi connectivity index (χ0n) is 17.0. The van der Waals surface area contributed by atoms with E-state index in [-0.39, 0.29) is 6.61 Å². The van der Waals surface area contributed by atoms with Crippen molar-refractivity contribution in [3.8, 4) is 17.2 Å². The van der Waals surface area contributed by atoms with Gasteiger partial charge in [-0.3, -0.25) is 4.57 Å². The fourth-order valence-corrected chi connectivity index (χ4v) is 3.03. The van der Waals surface area contributed by atoms with Gasteiger partial charge in [0.05, 0.1) is 33.5 Å². The van der Waals surface area contributed by atoms with Crippen LogP contribution in [0.25, 0.3) is 17.2 Å². The normalized spacial score (nSPS) is 11.0. The Morgan fingerprint density at radius 3 is 2.43 bits per heavy atom. The first-order valence-electron chi connectivity index (χ1n) is 9.30. The number of hydrogen-bond donors (Lipinski definition) is 0. The van der Waals surface area contributed by atoms with Crippen LogP contribution in [0.2, 0.25) is 0 Å². The Morgan fingerprint density at radius 1 is 1.07 bits per heavy atom. The SMILES string of the molecule is COc1cc(/C=C/C(=O)OCCCn2c(=O)oc3ccccc32)cc(OC)c1OC. The predicted molar refractivity (Wildman–Crippen MR) is 111 cm³/mol. The van der Waals surface area contributed by atoms with E-state index >= 15 is 0 Å². The number of fused-ring (bicyclic) bond motifs is 1. The van der Waals surface area contributed by atoms with Crippen LogP contribution in [0.15, 0.2) is 51.7 Å². The molecule has 0 N–H and O–H groups in total. The summed E-state index contributed by atoms with van der Waals surface area (Å²) in [6.07, 6.45) is 3.40. The number of hydrogen-bond acceptors (Lipinski definition) is 7. The summed E-state index contributed by atoms with van der Waals surface area (Å²) in [6.45, 7) is 0.560. The molecule has 8 heteroatoms. The van der Waals surface area contributed by atoms with Gasteiger partial charge in [-0.25, -0.2) is 9.59 Å². The molecule has 8 nitrogen and oxygen atoms in total. The van der Waals surface area contributed by atoms with Gasteiger partial charge in [-0.05, 0) is 42.3 Å². The van der Waals surface area contributed by atoms with Crippen molar-refractivity contribution in [3.63, 3.8) is 0 Å². The fraction of sp³-hybridized carbons (Fsp3) is 0.273. The lowest BCUT2D eigenvalue weighted by Crippen LogP contribution is -2.15. The first kappa shape index (κ1) is 21.0. The van der Waals surface area contributed by atoms with Crippen molar-refractivity contribution in [2.75, 3.05) is 27.9 Å². The maximum Gasteiger partial charge on any atom is 0.419 e. The molecule has 0 radical (unpaired) electrons. The van der Waals surface area contributed by atoms with Gasteiger partial charge in [0.2, 0.25) is 5.75 Å². The molecule has 0 bridgehead atoms. The topological polar surface area (TPSA) is 89.1 Å². The van der Waals surface area contributed by atoms with Gasteiger partial charge < -0.3 is 23.4 Å². The van der Waals surface area contributed by atoms with Gasteiger partial charge in [-0.1, -0.05) is 12.1 Å². The highest BCUT2D eigenvalue weighted by Crippen LogP contribution is 2.38. The van der Waals surface area contributed by atoms with Crippen molar-refractivity contribution in [2.24, 2.45) is 0 Å². The van der Waals surface area contributed by atoms with Crippen LogP contribution >= 0.6 is 0 Å². The van der Waals surface area contributed by atoms with Crippen molar-refractivity contribution < 1.29 is 28.2 Å². The van der Waals surface area contributed by atoms with E-state index in [1.54, 1.807) is 30.3 Å². The van der Waals surface area contributed by atoms with Crippen molar-refractivity contribution in [1.82, 2.24) is 4.57 Å². The van der Waals surface area contributed by atoms with Crippen LogP contribution in [-0.4, -0.2) is 38.5 Å². The number of aryl methyl sites for hydroxylation is 1. The minimum absolute atomic E-state index is 0.171. The number of benzene rings is 2. The molecule has 0 unspecified atom stereocenters. The van der Waals surface area contributed by atoms with Gasteiger partial charge in [-0.2, -0.15) is 0 Å². The van der Waals surface area contributed by atoms with E-state index in [9.17, 15) is 9.59 Å². The third-order valence-electron chi connectivity index (χ3n) is 4.44. The molecule has 0 aliphatic rings. The van der Waals surface area contributed by atoms with E-state index in [4.69, 9.17) is 23.4 Å². The molecule has 158 valence electrons. The van der Waals surface area contributed by atoms with Gasteiger partial charge in [0.25, 0.3) is 0 Å². The van der Waals surface area contributed by atoms with E-state index in [1.807, 2.05) is 12.1 Å². The van der Waals surface area contributed by atoms with Gasteiger partial charge in [-0.15, -0.1) is 0 Å². The Bertz CT molecular complexity index is 1090. The highest BCUT2D eigenvalue weighted by atomic mass is 16.5. The molecule has 0 atom stereocenters. The summed E-state index contributed by atoms with van der Waals surface area (Å²) < 4.78 is 27.8. The van der Waals surface area contributed by atoms with Crippen molar-refractivity contribution in [2.45, 2.75) is 13.0 Å². The molecule has 0 spiro atoms. The number of carbonyl (C=O) groups is 1. The summed E-state index contributed by atoms with van der Waals surface area (Å²) in [5.74, 6) is 0.532. The molecule has 2 aromatic carbocycles. The smallest absolute Gasteiger partial charge is 0.419 e. The van der Waals surface area contributed by atoms with Crippen molar-refractivity contribution in [3.05, 3.63) is 58.6 Å². The summed E-state index contributed by atoms with van der Waals surface area (Å²) >= 11 is 0. The average molecular weight is 413 g/mol. The molecular formula is C22H23NO7. The molecule has 0 aliphatic heterocycles. The van der Waals surface area contributed by atoms with Crippen LogP contribution in [0.3, 0.4) is 0 Å². The number of aromatic nitrogens is 1. The molecule has 0 fully saturated rings. The Kier molecular flexibility index (Phi) is 6.79. The quantitative estimate of drug-likeness (QED) is 0.302. The molecule has 30 heavy (non-hydrogen) atoms. The zero-order chi connectivity index (χ0) is 21.5. The number of methoxy groups -OCH3 is 3. The standard InChI is InChI=1S/C22H23NO7/c1-26-18-13-15(14-19(27-2)21(18)28-3)9-10-20(24)29-12-6-11-23-16-7-4-5-8-17(16)30-22(23)25/h4-5,7-10,13-14H,6,11-12H2,1-3H3/b10-9+. The Labute approximate surface area is 173 Å². The Hall–Kier alpha value is -3.68. The number of nitrogens with zero attached hydrogens (tertiary/aromatic N) is 1. The molecule has 3 aromatic rings. The van der Waals surface area contributed by atoms with Gasteiger partial charge >= 0.3 is 11.7 Å². The second-order valence-corrected chi connectivity index (χ2v) is 6.30. The van der Waals surface area contributed by atoms with Crippen LogP contribution in [-0.2, 0) is 16.1 Å². The molecular weight excluding hydrogens is 390 g/mol. The monoisotopic (exact) mass is 413 g/mol. The van der Waals surface area contributed by atoms with E-state index in [1.165, 1.54) is 32.0 Å². The highest BCUT2D eigenvalue weighted by Gasteiger charge is 2.12. The minimum Gasteiger partial charge on any atom is -0.493 e. The average Bonchev–Trinajstić information content (AvgIpc) is 3.09. The third-order valence-corrected chi connectivity index (χ3v) is 4.44. The van der Waals surface area contributed by atoms with Crippen molar-refractivity contribution in [1.29, 1.82) is 0 Å². The van der Waals surface area contributed by atoms with Crippen molar-refractivity contribution >= 4 is 23.1 Å². The minimum atomic E-state index is -0.492. The molecule has 3 rings (SSSR count). The Balaban J connectivity index is 1.56. The molecule has 0 amide bonds. The lowest BCUT2D eigenvalue weighted by molar-refractivity contribution is -0.137.